The lowest BCUT2D eigenvalue weighted by Crippen LogP contribution is -2.53. The number of carbonyl (C=O) groups is 1. The fraction of sp³-hybridized carbons (Fsp3) is 0.722. The van der Waals surface area contributed by atoms with E-state index in [4.69, 9.17) is 4.74 Å². The van der Waals surface area contributed by atoms with E-state index < -0.39 is 5.60 Å². The highest BCUT2D eigenvalue weighted by Gasteiger charge is 2.37. The van der Waals surface area contributed by atoms with Crippen LogP contribution in [0, 0.1) is 0 Å². The van der Waals surface area contributed by atoms with Gasteiger partial charge in [0.1, 0.15) is 11.3 Å². The van der Waals surface area contributed by atoms with E-state index in [0.29, 0.717) is 38.5 Å². The summed E-state index contributed by atoms with van der Waals surface area (Å²) in [7, 11) is 0. The third-order valence-electron chi connectivity index (χ3n) is 4.92. The minimum absolute atomic E-state index is 0.0287. The maximum atomic E-state index is 13.0. The van der Waals surface area contributed by atoms with Crippen molar-refractivity contribution in [2.45, 2.75) is 38.3 Å². The first-order valence-corrected chi connectivity index (χ1v) is 8.97. The SMILES string of the molecule is CC(C)n1cccc1C(=O)N1CCOC[C@@](O)(CN2CCCC2)C1. The number of hydrogen-bond donors (Lipinski definition) is 1. The molecule has 0 unspecified atom stereocenters. The van der Waals surface area contributed by atoms with Gasteiger partial charge in [-0.25, -0.2) is 0 Å². The van der Waals surface area contributed by atoms with Crippen LogP contribution in [0.25, 0.3) is 0 Å². The van der Waals surface area contributed by atoms with Gasteiger partial charge in [0.15, 0.2) is 0 Å². The first-order valence-electron chi connectivity index (χ1n) is 8.97. The molecular formula is C18H29N3O3. The zero-order chi connectivity index (χ0) is 17.2. The quantitative estimate of drug-likeness (QED) is 0.903. The lowest BCUT2D eigenvalue weighted by Gasteiger charge is -2.34. The highest BCUT2D eigenvalue weighted by Crippen LogP contribution is 2.20. The van der Waals surface area contributed by atoms with Crippen LogP contribution in [0.4, 0.5) is 0 Å². The molecule has 0 radical (unpaired) electrons. The Bertz CT molecular complexity index is 566. The molecule has 3 rings (SSSR count). The Labute approximate surface area is 144 Å². The number of carbonyl (C=O) groups excluding carboxylic acids is 1. The zero-order valence-corrected chi connectivity index (χ0v) is 14.8. The van der Waals surface area contributed by atoms with Gasteiger partial charge in [0.25, 0.3) is 5.91 Å². The molecule has 2 aliphatic heterocycles. The van der Waals surface area contributed by atoms with Crippen LogP contribution in [0.5, 0.6) is 0 Å². The van der Waals surface area contributed by atoms with Crippen molar-refractivity contribution in [3.8, 4) is 0 Å². The molecule has 0 spiro atoms. The Morgan fingerprint density at radius 1 is 1.33 bits per heavy atom. The number of aromatic nitrogens is 1. The van der Waals surface area contributed by atoms with E-state index in [1.54, 1.807) is 4.90 Å². The van der Waals surface area contributed by atoms with Gasteiger partial charge >= 0.3 is 0 Å². The number of hydrogen-bond acceptors (Lipinski definition) is 4. The number of aliphatic hydroxyl groups is 1. The van der Waals surface area contributed by atoms with Crippen molar-refractivity contribution in [1.82, 2.24) is 14.4 Å². The molecule has 1 atom stereocenters. The van der Waals surface area contributed by atoms with Crippen LogP contribution >= 0.6 is 0 Å². The fourth-order valence-corrected chi connectivity index (χ4v) is 3.73. The van der Waals surface area contributed by atoms with Gasteiger partial charge in [-0.3, -0.25) is 4.79 Å². The highest BCUT2D eigenvalue weighted by atomic mass is 16.5. The predicted molar refractivity (Wildman–Crippen MR) is 92.2 cm³/mol. The topological polar surface area (TPSA) is 57.9 Å². The van der Waals surface area contributed by atoms with Crippen LogP contribution < -0.4 is 0 Å². The van der Waals surface area contributed by atoms with Gasteiger partial charge in [-0.15, -0.1) is 0 Å². The Morgan fingerprint density at radius 2 is 2.08 bits per heavy atom. The van der Waals surface area contributed by atoms with Crippen molar-refractivity contribution in [1.29, 1.82) is 0 Å². The number of β-amino-alcohol motifs (C(OH)–C–C–N with tert-alkyl or cyclic N) is 1. The summed E-state index contributed by atoms with van der Waals surface area (Å²) in [4.78, 5) is 17.0. The van der Waals surface area contributed by atoms with Gasteiger partial charge in [0.2, 0.25) is 0 Å². The molecule has 134 valence electrons. The summed E-state index contributed by atoms with van der Waals surface area (Å²) in [6.45, 7) is 8.34. The van der Waals surface area contributed by atoms with Gasteiger partial charge < -0.3 is 24.2 Å². The lowest BCUT2D eigenvalue weighted by molar-refractivity contribution is -0.0525. The number of nitrogens with zero attached hydrogens (tertiary/aromatic N) is 3. The van der Waals surface area contributed by atoms with Gasteiger partial charge in [0, 0.05) is 25.3 Å². The smallest absolute Gasteiger partial charge is 0.270 e. The van der Waals surface area contributed by atoms with Crippen molar-refractivity contribution < 1.29 is 14.6 Å². The van der Waals surface area contributed by atoms with Gasteiger partial charge in [-0.1, -0.05) is 0 Å². The molecule has 1 aromatic heterocycles. The van der Waals surface area contributed by atoms with Crippen molar-refractivity contribution in [2.24, 2.45) is 0 Å². The van der Waals surface area contributed by atoms with Crippen LogP contribution in [0.1, 0.15) is 43.2 Å². The molecule has 0 aliphatic carbocycles. The normalized spacial score (nSPS) is 26.1. The molecule has 0 bridgehead atoms. The molecule has 1 N–H and O–H groups in total. The van der Waals surface area contributed by atoms with Crippen LogP contribution in [0.2, 0.25) is 0 Å². The minimum atomic E-state index is -0.994. The Hall–Kier alpha value is -1.37. The Balaban J connectivity index is 1.74. The average Bonchev–Trinajstić information content (AvgIpc) is 3.17. The largest absolute Gasteiger partial charge is 0.384 e. The van der Waals surface area contributed by atoms with Crippen LogP contribution in [0.3, 0.4) is 0 Å². The summed E-state index contributed by atoms with van der Waals surface area (Å²) in [6.07, 6.45) is 4.30. The van der Waals surface area contributed by atoms with E-state index in [2.05, 4.69) is 18.7 Å². The third kappa shape index (κ3) is 3.82. The second kappa shape index (κ2) is 7.25. The summed E-state index contributed by atoms with van der Waals surface area (Å²) in [5.74, 6) is -0.0287. The summed E-state index contributed by atoms with van der Waals surface area (Å²) in [6, 6.07) is 3.98. The van der Waals surface area contributed by atoms with E-state index in [-0.39, 0.29) is 11.9 Å². The zero-order valence-electron chi connectivity index (χ0n) is 14.8. The summed E-state index contributed by atoms with van der Waals surface area (Å²) in [5.41, 5.74) is -0.318. The lowest BCUT2D eigenvalue weighted by atomic mass is 10.0. The number of ether oxygens (including phenoxy) is 1. The summed E-state index contributed by atoms with van der Waals surface area (Å²) in [5, 5.41) is 11.0. The molecule has 6 heteroatoms. The molecule has 2 fully saturated rings. The van der Waals surface area contributed by atoms with E-state index >= 15 is 0 Å². The maximum Gasteiger partial charge on any atom is 0.270 e. The van der Waals surface area contributed by atoms with Crippen molar-refractivity contribution in [3.05, 3.63) is 24.0 Å². The second-order valence-corrected chi connectivity index (χ2v) is 7.38. The van der Waals surface area contributed by atoms with E-state index in [1.807, 2.05) is 22.9 Å². The summed E-state index contributed by atoms with van der Waals surface area (Å²) < 4.78 is 7.60. The molecule has 3 heterocycles. The molecular weight excluding hydrogens is 306 g/mol. The van der Waals surface area contributed by atoms with E-state index in [0.717, 1.165) is 13.1 Å². The third-order valence-corrected chi connectivity index (χ3v) is 4.92. The Morgan fingerprint density at radius 3 is 2.79 bits per heavy atom. The van der Waals surface area contributed by atoms with Crippen LogP contribution in [-0.4, -0.2) is 76.9 Å². The molecule has 0 aromatic carbocycles. The van der Waals surface area contributed by atoms with Crippen molar-refractivity contribution >= 4 is 5.91 Å². The van der Waals surface area contributed by atoms with Gasteiger partial charge in [-0.2, -0.15) is 0 Å². The highest BCUT2D eigenvalue weighted by molar-refractivity contribution is 5.93. The van der Waals surface area contributed by atoms with Gasteiger partial charge in [0.05, 0.1) is 19.8 Å². The maximum absolute atomic E-state index is 13.0. The van der Waals surface area contributed by atoms with E-state index in [1.165, 1.54) is 12.8 Å². The Kier molecular flexibility index (Phi) is 5.27. The van der Waals surface area contributed by atoms with Gasteiger partial charge in [-0.05, 0) is 51.9 Å². The van der Waals surface area contributed by atoms with E-state index in [9.17, 15) is 9.90 Å². The molecule has 6 nitrogen and oxygen atoms in total. The number of amides is 1. The number of likely N-dealkylation sites (tertiary alicyclic amines) is 1. The van der Waals surface area contributed by atoms with Crippen molar-refractivity contribution in [3.63, 3.8) is 0 Å². The second-order valence-electron chi connectivity index (χ2n) is 7.38. The van der Waals surface area contributed by atoms with Crippen LogP contribution in [-0.2, 0) is 4.74 Å². The minimum Gasteiger partial charge on any atom is -0.384 e. The molecule has 2 saturated heterocycles. The molecule has 2 aliphatic rings. The first kappa shape index (κ1) is 17.5. The number of rotatable bonds is 4. The molecule has 0 saturated carbocycles. The van der Waals surface area contributed by atoms with Crippen molar-refractivity contribution in [2.75, 3.05) is 45.9 Å². The van der Waals surface area contributed by atoms with Crippen LogP contribution in [0.15, 0.2) is 18.3 Å². The summed E-state index contributed by atoms with van der Waals surface area (Å²) >= 11 is 0. The standard InChI is InChI=1S/C18H29N3O3/c1-15(2)21-9-5-6-16(21)17(22)20-10-11-24-14-18(23,13-20)12-19-7-3-4-8-19/h5-6,9,15,23H,3-4,7-8,10-14H2,1-2H3/t18-/m1/s1. The molecule has 1 aromatic rings. The molecule has 1 amide bonds. The monoisotopic (exact) mass is 335 g/mol. The fourth-order valence-electron chi connectivity index (χ4n) is 3.73. The first-order chi connectivity index (χ1) is 11.5. The average molecular weight is 335 g/mol. The molecule has 24 heavy (non-hydrogen) atoms. The predicted octanol–water partition coefficient (Wildman–Crippen LogP) is 1.37.